The van der Waals surface area contributed by atoms with Crippen LogP contribution in [0.4, 0.5) is 0 Å². The van der Waals surface area contributed by atoms with Gasteiger partial charge in [0.1, 0.15) is 19.3 Å². The van der Waals surface area contributed by atoms with Gasteiger partial charge in [-0.3, -0.25) is 9.59 Å². The summed E-state index contributed by atoms with van der Waals surface area (Å²) in [5, 5.41) is 30.0. The molecule has 0 unspecified atom stereocenters. The molecule has 0 aromatic carbocycles. The summed E-state index contributed by atoms with van der Waals surface area (Å²) in [6.07, 6.45) is 43.9. The van der Waals surface area contributed by atoms with Crippen LogP contribution in [-0.2, 0) is 19.1 Å². The highest BCUT2D eigenvalue weighted by Crippen LogP contribution is 2.15. The van der Waals surface area contributed by atoms with Gasteiger partial charge in [-0.05, 0) is 32.1 Å². The number of carbonyl (C=O) groups is 2. The summed E-state index contributed by atoms with van der Waals surface area (Å²) in [6, 6.07) is 0. The number of hydrogen-bond donors (Lipinski definition) is 3. The van der Waals surface area contributed by atoms with Crippen LogP contribution in [0, 0.1) is 0 Å². The van der Waals surface area contributed by atoms with Gasteiger partial charge >= 0.3 is 11.9 Å². The zero-order chi connectivity index (χ0) is 38.2. The molecule has 0 heterocycles. The number of aliphatic hydroxyl groups is 3. The van der Waals surface area contributed by atoms with E-state index < -0.39 is 18.2 Å². The molecule has 302 valence electrons. The molecule has 0 aliphatic carbocycles. The van der Waals surface area contributed by atoms with E-state index in [4.69, 9.17) is 9.47 Å². The Labute approximate surface area is 319 Å². The Balaban J connectivity index is 3.62. The van der Waals surface area contributed by atoms with Gasteiger partial charge < -0.3 is 24.8 Å². The standard InChI is InChI=1S/C45H80O7/c1-3-5-7-8-9-10-11-12-13-14-15-16-17-18-19-20-24-27-31-37-44(49)51-39-43(48)40-52-45(50)38-32-36-42(47)35-30-26-23-21-22-25-29-34-41(46)33-28-6-4-2/h22-23,25-26,29-30,34-35,41-43,46-48H,3-21,24,27-28,31-33,36-40H2,1-2H3/b25-22-,26-23-,34-29+,35-30+/t41-,42-,43+/m0/s1. The highest BCUT2D eigenvalue weighted by molar-refractivity contribution is 5.69. The van der Waals surface area contributed by atoms with Crippen LogP contribution in [-0.4, -0.2) is 58.8 Å². The Morgan fingerprint density at radius 1 is 0.462 bits per heavy atom. The summed E-state index contributed by atoms with van der Waals surface area (Å²) >= 11 is 0. The second-order valence-corrected chi connectivity index (χ2v) is 14.5. The Kier molecular flexibility index (Phi) is 38.3. The van der Waals surface area contributed by atoms with Crippen molar-refractivity contribution in [3.63, 3.8) is 0 Å². The average Bonchev–Trinajstić information content (AvgIpc) is 3.13. The lowest BCUT2D eigenvalue weighted by Crippen LogP contribution is -2.25. The molecular weight excluding hydrogens is 652 g/mol. The maximum atomic E-state index is 12.0. The highest BCUT2D eigenvalue weighted by atomic mass is 16.6. The van der Waals surface area contributed by atoms with Crippen molar-refractivity contribution in [3.8, 4) is 0 Å². The minimum atomic E-state index is -1.05. The normalized spacial score (nSPS) is 13.9. The van der Waals surface area contributed by atoms with E-state index in [1.807, 2.05) is 36.5 Å². The molecule has 52 heavy (non-hydrogen) atoms. The molecular formula is C45H80O7. The lowest BCUT2D eigenvalue weighted by molar-refractivity contribution is -0.152. The Hall–Kier alpha value is -2.22. The fourth-order valence-corrected chi connectivity index (χ4v) is 5.95. The topological polar surface area (TPSA) is 113 Å². The number of carbonyl (C=O) groups excluding carboxylic acids is 2. The van der Waals surface area contributed by atoms with Crippen molar-refractivity contribution in [2.45, 2.75) is 212 Å². The van der Waals surface area contributed by atoms with E-state index in [0.29, 0.717) is 19.3 Å². The average molecular weight is 733 g/mol. The summed E-state index contributed by atoms with van der Waals surface area (Å²) < 4.78 is 10.2. The van der Waals surface area contributed by atoms with Crippen molar-refractivity contribution in [3.05, 3.63) is 48.6 Å². The molecule has 0 rings (SSSR count). The highest BCUT2D eigenvalue weighted by Gasteiger charge is 2.12. The number of unbranched alkanes of at least 4 members (excludes halogenated alkanes) is 20. The van der Waals surface area contributed by atoms with Crippen molar-refractivity contribution >= 4 is 11.9 Å². The molecule has 0 saturated carbocycles. The number of allylic oxidation sites excluding steroid dienone is 6. The quantitative estimate of drug-likeness (QED) is 0.0329. The number of aliphatic hydroxyl groups excluding tert-OH is 3. The van der Waals surface area contributed by atoms with E-state index >= 15 is 0 Å². The first-order valence-electron chi connectivity index (χ1n) is 21.4. The number of esters is 2. The molecule has 0 aliphatic heterocycles. The summed E-state index contributed by atoms with van der Waals surface area (Å²) in [6.45, 7) is 4.02. The summed E-state index contributed by atoms with van der Waals surface area (Å²) in [7, 11) is 0. The largest absolute Gasteiger partial charge is 0.463 e. The third kappa shape index (κ3) is 39.0. The van der Waals surface area contributed by atoms with E-state index in [-0.39, 0.29) is 31.7 Å². The van der Waals surface area contributed by atoms with E-state index in [1.54, 1.807) is 12.2 Å². The third-order valence-electron chi connectivity index (χ3n) is 9.28. The van der Waals surface area contributed by atoms with E-state index in [9.17, 15) is 24.9 Å². The van der Waals surface area contributed by atoms with Crippen molar-refractivity contribution in [1.29, 1.82) is 0 Å². The lowest BCUT2D eigenvalue weighted by atomic mass is 10.0. The van der Waals surface area contributed by atoms with Crippen LogP contribution in [0.3, 0.4) is 0 Å². The smallest absolute Gasteiger partial charge is 0.305 e. The molecule has 0 saturated heterocycles. The SMILES string of the molecule is CCCCCCCCCCCCCCCCCCCCCC(=O)OC[C@@H](O)COC(=O)CCC[C@@H](O)/C=C/C=C\C/C=C\C=C\[C@@H](O)CCCCC. The zero-order valence-corrected chi connectivity index (χ0v) is 33.5. The van der Waals surface area contributed by atoms with Crippen molar-refractivity contribution in [2.24, 2.45) is 0 Å². The molecule has 0 bridgehead atoms. The van der Waals surface area contributed by atoms with Crippen LogP contribution in [0.1, 0.15) is 194 Å². The molecule has 7 heteroatoms. The maximum Gasteiger partial charge on any atom is 0.305 e. The van der Waals surface area contributed by atoms with Gasteiger partial charge in [-0.2, -0.15) is 0 Å². The molecule has 0 aromatic heterocycles. The van der Waals surface area contributed by atoms with E-state index in [1.165, 1.54) is 103 Å². The molecule has 3 atom stereocenters. The van der Waals surface area contributed by atoms with Crippen molar-refractivity contribution < 1.29 is 34.4 Å². The minimum absolute atomic E-state index is 0.137. The van der Waals surface area contributed by atoms with Crippen LogP contribution in [0.15, 0.2) is 48.6 Å². The molecule has 0 spiro atoms. The van der Waals surface area contributed by atoms with Crippen LogP contribution >= 0.6 is 0 Å². The van der Waals surface area contributed by atoms with E-state index in [0.717, 1.165) is 51.4 Å². The number of ether oxygens (including phenoxy) is 2. The number of rotatable bonds is 38. The first-order valence-corrected chi connectivity index (χ1v) is 21.4. The van der Waals surface area contributed by atoms with Gasteiger partial charge in [-0.15, -0.1) is 0 Å². The summed E-state index contributed by atoms with van der Waals surface area (Å²) in [5.41, 5.74) is 0. The van der Waals surface area contributed by atoms with Crippen LogP contribution < -0.4 is 0 Å². The van der Waals surface area contributed by atoms with Crippen LogP contribution in [0.25, 0.3) is 0 Å². The molecule has 7 nitrogen and oxygen atoms in total. The van der Waals surface area contributed by atoms with Gasteiger partial charge in [-0.25, -0.2) is 0 Å². The monoisotopic (exact) mass is 733 g/mol. The first kappa shape index (κ1) is 49.8. The molecule has 0 aromatic rings. The van der Waals surface area contributed by atoms with E-state index in [2.05, 4.69) is 13.8 Å². The number of hydrogen-bond acceptors (Lipinski definition) is 7. The molecule has 0 radical (unpaired) electrons. The summed E-state index contributed by atoms with van der Waals surface area (Å²) in [4.78, 5) is 24.0. The Morgan fingerprint density at radius 2 is 0.808 bits per heavy atom. The van der Waals surface area contributed by atoms with Crippen molar-refractivity contribution in [2.75, 3.05) is 13.2 Å². The van der Waals surface area contributed by atoms with Gasteiger partial charge in [0.2, 0.25) is 0 Å². The predicted octanol–water partition coefficient (Wildman–Crippen LogP) is 11.3. The molecule has 0 amide bonds. The molecule has 0 fully saturated rings. The Bertz CT molecular complexity index is 909. The zero-order valence-electron chi connectivity index (χ0n) is 33.5. The maximum absolute atomic E-state index is 12.0. The molecule has 0 aliphatic rings. The minimum Gasteiger partial charge on any atom is -0.463 e. The van der Waals surface area contributed by atoms with Gasteiger partial charge in [0.05, 0.1) is 12.2 Å². The van der Waals surface area contributed by atoms with Crippen LogP contribution in [0.5, 0.6) is 0 Å². The van der Waals surface area contributed by atoms with Gasteiger partial charge in [0.25, 0.3) is 0 Å². The fourth-order valence-electron chi connectivity index (χ4n) is 5.95. The lowest BCUT2D eigenvalue weighted by Gasteiger charge is -2.12. The second-order valence-electron chi connectivity index (χ2n) is 14.5. The Morgan fingerprint density at radius 3 is 1.23 bits per heavy atom. The summed E-state index contributed by atoms with van der Waals surface area (Å²) in [5.74, 6) is -0.781. The fraction of sp³-hybridized carbons (Fsp3) is 0.778. The van der Waals surface area contributed by atoms with Crippen molar-refractivity contribution in [1.82, 2.24) is 0 Å². The molecule has 3 N–H and O–H groups in total. The predicted molar refractivity (Wildman–Crippen MR) is 217 cm³/mol. The van der Waals surface area contributed by atoms with Gasteiger partial charge in [0.15, 0.2) is 0 Å². The van der Waals surface area contributed by atoms with Crippen LogP contribution in [0.2, 0.25) is 0 Å². The van der Waals surface area contributed by atoms with Gasteiger partial charge in [-0.1, -0.05) is 197 Å². The van der Waals surface area contributed by atoms with Gasteiger partial charge in [0, 0.05) is 12.8 Å². The first-order chi connectivity index (χ1) is 25.4. The second kappa shape index (κ2) is 40.0. The third-order valence-corrected chi connectivity index (χ3v) is 9.28.